The zero-order valence-electron chi connectivity index (χ0n) is 45.3. The highest BCUT2D eigenvalue weighted by Crippen LogP contribution is 2.15. The second kappa shape index (κ2) is 57.2. The zero-order chi connectivity index (χ0) is 50.0. The third-order valence-corrected chi connectivity index (χ3v) is 12.4. The van der Waals surface area contributed by atoms with Crippen molar-refractivity contribution in [2.24, 2.45) is 0 Å². The minimum absolute atomic E-state index is 0.0919. The lowest BCUT2D eigenvalue weighted by molar-refractivity contribution is -0.167. The van der Waals surface area contributed by atoms with Crippen molar-refractivity contribution in [1.29, 1.82) is 0 Å². The van der Waals surface area contributed by atoms with E-state index < -0.39 is 6.10 Å². The van der Waals surface area contributed by atoms with Crippen molar-refractivity contribution < 1.29 is 28.6 Å². The average Bonchev–Trinajstić information content (AvgIpc) is 3.35. The van der Waals surface area contributed by atoms with E-state index in [4.69, 9.17) is 14.2 Å². The van der Waals surface area contributed by atoms with Crippen molar-refractivity contribution in [3.8, 4) is 0 Å². The summed E-state index contributed by atoms with van der Waals surface area (Å²) >= 11 is 0. The maximum Gasteiger partial charge on any atom is 0.306 e. The molecule has 0 heterocycles. The van der Waals surface area contributed by atoms with Crippen LogP contribution in [-0.4, -0.2) is 37.2 Å². The highest BCUT2D eigenvalue weighted by molar-refractivity contribution is 5.71. The number of rotatable bonds is 52. The van der Waals surface area contributed by atoms with Crippen molar-refractivity contribution in [1.82, 2.24) is 0 Å². The van der Waals surface area contributed by atoms with Crippen LogP contribution in [0.2, 0.25) is 0 Å². The lowest BCUT2D eigenvalue weighted by Crippen LogP contribution is -2.30. The molecule has 0 aromatic rings. The smallest absolute Gasteiger partial charge is 0.306 e. The highest BCUT2D eigenvalue weighted by atomic mass is 16.6. The molecule has 0 unspecified atom stereocenters. The fourth-order valence-corrected chi connectivity index (χ4v) is 7.99. The van der Waals surface area contributed by atoms with E-state index in [1.807, 2.05) is 0 Å². The Morgan fingerprint density at radius 1 is 0.304 bits per heavy atom. The standard InChI is InChI=1S/C63H108O6/c1-4-7-10-13-16-19-22-25-28-30-31-33-35-38-41-44-47-50-53-56-62(65)68-59-60(58-67-61(64)55-52-49-46-43-40-37-34-27-24-21-18-15-12-9-6-3)69-63(66)57-54-51-48-45-42-39-36-32-29-26-23-20-17-14-11-8-5-2/h8,11,17-18,20-21,25-29,34,36,39,60H,4-7,9-10,12-16,19,22-24,30-33,35,37-38,40-59H2,1-3H3/b11-8-,20-17-,21-18-,28-25-,29-26-,34-27-,39-36-/t60-/m1/s1. The van der Waals surface area contributed by atoms with Gasteiger partial charge < -0.3 is 14.2 Å². The second-order valence-electron chi connectivity index (χ2n) is 19.2. The van der Waals surface area contributed by atoms with Gasteiger partial charge in [-0.05, 0) is 116 Å². The molecule has 69 heavy (non-hydrogen) atoms. The average molecular weight is 962 g/mol. The van der Waals surface area contributed by atoms with E-state index in [-0.39, 0.29) is 31.1 Å². The highest BCUT2D eigenvalue weighted by Gasteiger charge is 2.19. The van der Waals surface area contributed by atoms with Crippen LogP contribution >= 0.6 is 0 Å². The van der Waals surface area contributed by atoms with Gasteiger partial charge >= 0.3 is 17.9 Å². The monoisotopic (exact) mass is 961 g/mol. The van der Waals surface area contributed by atoms with Gasteiger partial charge in [0.1, 0.15) is 13.2 Å². The minimum Gasteiger partial charge on any atom is -0.462 e. The Labute approximate surface area is 426 Å². The number of ether oxygens (including phenoxy) is 3. The quantitative estimate of drug-likeness (QED) is 0.0262. The van der Waals surface area contributed by atoms with E-state index in [1.165, 1.54) is 116 Å². The fraction of sp³-hybridized carbons (Fsp3) is 0.730. The Balaban J connectivity index is 4.43. The van der Waals surface area contributed by atoms with Crippen molar-refractivity contribution in [2.75, 3.05) is 13.2 Å². The predicted molar refractivity (Wildman–Crippen MR) is 297 cm³/mol. The summed E-state index contributed by atoms with van der Waals surface area (Å²) in [5.41, 5.74) is 0. The van der Waals surface area contributed by atoms with E-state index in [0.717, 1.165) is 122 Å². The first-order valence-corrected chi connectivity index (χ1v) is 29.1. The molecule has 0 N–H and O–H groups in total. The van der Waals surface area contributed by atoms with Crippen LogP contribution in [0.1, 0.15) is 278 Å². The molecule has 0 aliphatic heterocycles. The van der Waals surface area contributed by atoms with Crippen LogP contribution in [0, 0.1) is 0 Å². The molecule has 0 fully saturated rings. The summed E-state index contributed by atoms with van der Waals surface area (Å²) in [6.45, 7) is 6.48. The fourth-order valence-electron chi connectivity index (χ4n) is 7.99. The van der Waals surface area contributed by atoms with E-state index in [2.05, 4.69) is 106 Å². The molecule has 0 saturated heterocycles. The van der Waals surface area contributed by atoms with Crippen LogP contribution in [0.5, 0.6) is 0 Å². The molecule has 0 aliphatic rings. The maximum atomic E-state index is 12.9. The van der Waals surface area contributed by atoms with Gasteiger partial charge in [-0.25, -0.2) is 0 Å². The Morgan fingerprint density at radius 2 is 0.565 bits per heavy atom. The minimum atomic E-state index is -0.797. The van der Waals surface area contributed by atoms with Crippen molar-refractivity contribution in [3.05, 3.63) is 85.1 Å². The Hall–Kier alpha value is -3.41. The molecular weight excluding hydrogens is 853 g/mol. The summed E-state index contributed by atoms with van der Waals surface area (Å²) in [5.74, 6) is -0.926. The third kappa shape index (κ3) is 55.4. The Kier molecular flexibility index (Phi) is 54.3. The van der Waals surface area contributed by atoms with Crippen molar-refractivity contribution >= 4 is 17.9 Å². The van der Waals surface area contributed by atoms with Gasteiger partial charge in [0.25, 0.3) is 0 Å². The molecule has 396 valence electrons. The van der Waals surface area contributed by atoms with Crippen molar-refractivity contribution in [2.45, 2.75) is 284 Å². The predicted octanol–water partition coefficient (Wildman–Crippen LogP) is 19.5. The summed E-state index contributed by atoms with van der Waals surface area (Å²) in [4.78, 5) is 38.2. The number of esters is 3. The second-order valence-corrected chi connectivity index (χ2v) is 19.2. The van der Waals surface area contributed by atoms with E-state index in [9.17, 15) is 14.4 Å². The first-order valence-electron chi connectivity index (χ1n) is 29.1. The Bertz CT molecular complexity index is 1330. The molecule has 0 bridgehead atoms. The van der Waals surface area contributed by atoms with Crippen LogP contribution in [0.15, 0.2) is 85.1 Å². The van der Waals surface area contributed by atoms with Gasteiger partial charge in [-0.2, -0.15) is 0 Å². The molecule has 0 spiro atoms. The number of hydrogen-bond donors (Lipinski definition) is 0. The number of allylic oxidation sites excluding steroid dienone is 14. The lowest BCUT2D eigenvalue weighted by atomic mass is 10.1. The molecule has 6 nitrogen and oxygen atoms in total. The largest absolute Gasteiger partial charge is 0.462 e. The first kappa shape index (κ1) is 65.6. The van der Waals surface area contributed by atoms with Crippen LogP contribution in [-0.2, 0) is 28.6 Å². The summed E-state index contributed by atoms with van der Waals surface area (Å²) in [6.07, 6.45) is 74.3. The van der Waals surface area contributed by atoms with Gasteiger partial charge in [0.05, 0.1) is 0 Å². The molecule has 6 heteroatoms. The summed E-state index contributed by atoms with van der Waals surface area (Å²) in [5, 5.41) is 0. The number of hydrogen-bond acceptors (Lipinski definition) is 6. The van der Waals surface area contributed by atoms with Crippen LogP contribution in [0.4, 0.5) is 0 Å². The number of carbonyl (C=O) groups excluding carboxylic acids is 3. The molecule has 0 aliphatic carbocycles. The van der Waals surface area contributed by atoms with Gasteiger partial charge in [-0.15, -0.1) is 0 Å². The summed E-state index contributed by atoms with van der Waals surface area (Å²) < 4.78 is 16.9. The molecule has 0 aromatic carbocycles. The molecule has 0 saturated carbocycles. The normalized spacial score (nSPS) is 12.7. The van der Waals surface area contributed by atoms with E-state index in [0.29, 0.717) is 19.3 Å². The van der Waals surface area contributed by atoms with Crippen LogP contribution in [0.3, 0.4) is 0 Å². The topological polar surface area (TPSA) is 78.9 Å². The van der Waals surface area contributed by atoms with Crippen LogP contribution < -0.4 is 0 Å². The molecule has 0 aromatic heterocycles. The van der Waals surface area contributed by atoms with Gasteiger partial charge in [0, 0.05) is 19.3 Å². The van der Waals surface area contributed by atoms with Gasteiger partial charge in [-0.3, -0.25) is 14.4 Å². The Morgan fingerprint density at radius 3 is 0.928 bits per heavy atom. The van der Waals surface area contributed by atoms with E-state index >= 15 is 0 Å². The SMILES string of the molecule is CC/C=C\C/C=C\C/C=C\C/C=C\CCCCCCC(=O)O[C@H](COC(=O)CCCCCCC/C=C\C/C=C\CCCCC)COC(=O)CCCCCCCCCCC/C=C\CCCCCCCC. The first-order chi connectivity index (χ1) is 34.0. The molecule has 0 rings (SSSR count). The van der Waals surface area contributed by atoms with Gasteiger partial charge in [-0.1, -0.05) is 228 Å². The summed E-state index contributed by atoms with van der Waals surface area (Å²) in [6, 6.07) is 0. The van der Waals surface area contributed by atoms with Crippen LogP contribution in [0.25, 0.3) is 0 Å². The number of carbonyl (C=O) groups is 3. The molecule has 0 radical (unpaired) electrons. The number of unbranched alkanes of at least 4 members (excludes halogenated alkanes) is 27. The molecular formula is C63H108O6. The summed E-state index contributed by atoms with van der Waals surface area (Å²) in [7, 11) is 0. The zero-order valence-corrected chi connectivity index (χ0v) is 45.3. The molecule has 0 amide bonds. The van der Waals surface area contributed by atoms with E-state index in [1.54, 1.807) is 0 Å². The third-order valence-electron chi connectivity index (χ3n) is 12.4. The lowest BCUT2D eigenvalue weighted by Gasteiger charge is -2.18. The van der Waals surface area contributed by atoms with Gasteiger partial charge in [0.2, 0.25) is 0 Å². The maximum absolute atomic E-state index is 12.9. The van der Waals surface area contributed by atoms with Gasteiger partial charge in [0.15, 0.2) is 6.10 Å². The van der Waals surface area contributed by atoms with Crippen molar-refractivity contribution in [3.63, 3.8) is 0 Å². The molecule has 1 atom stereocenters.